The van der Waals surface area contributed by atoms with Crippen molar-refractivity contribution >= 4 is 11.6 Å². The Morgan fingerprint density at radius 2 is 1.70 bits per heavy atom. The highest BCUT2D eigenvalue weighted by molar-refractivity contribution is 5.46. The molecule has 0 unspecified atom stereocenters. The molecule has 5 nitrogen and oxygen atoms in total. The molecule has 3 heterocycles. The van der Waals surface area contributed by atoms with E-state index in [1.165, 1.54) is 12.4 Å². The number of anilines is 2. The SMILES string of the molecule is Fc1cccc(N2CCN(c3ncnc(C4CC4)c3F)CC2)n1. The van der Waals surface area contributed by atoms with Crippen molar-refractivity contribution in [3.63, 3.8) is 0 Å². The zero-order valence-corrected chi connectivity index (χ0v) is 12.6. The van der Waals surface area contributed by atoms with Crippen LogP contribution in [0.15, 0.2) is 24.5 Å². The van der Waals surface area contributed by atoms with Crippen molar-refractivity contribution in [1.82, 2.24) is 15.0 Å². The van der Waals surface area contributed by atoms with Crippen LogP contribution < -0.4 is 9.80 Å². The molecule has 0 bridgehead atoms. The average molecular weight is 317 g/mol. The largest absolute Gasteiger partial charge is 0.353 e. The number of halogens is 2. The summed E-state index contributed by atoms with van der Waals surface area (Å²) in [6, 6.07) is 4.76. The molecule has 0 atom stereocenters. The van der Waals surface area contributed by atoms with E-state index in [0.29, 0.717) is 43.5 Å². The van der Waals surface area contributed by atoms with E-state index in [0.717, 1.165) is 12.8 Å². The van der Waals surface area contributed by atoms with Crippen LogP contribution >= 0.6 is 0 Å². The summed E-state index contributed by atoms with van der Waals surface area (Å²) in [5.74, 6) is 0.489. The van der Waals surface area contributed by atoms with E-state index in [-0.39, 0.29) is 11.7 Å². The maximum atomic E-state index is 14.6. The summed E-state index contributed by atoms with van der Waals surface area (Å²) >= 11 is 0. The summed E-state index contributed by atoms with van der Waals surface area (Å²) in [5, 5.41) is 0. The van der Waals surface area contributed by atoms with Gasteiger partial charge in [-0.05, 0) is 25.0 Å². The van der Waals surface area contributed by atoms with Gasteiger partial charge in [0.1, 0.15) is 12.1 Å². The van der Waals surface area contributed by atoms with Crippen LogP contribution in [0.25, 0.3) is 0 Å². The van der Waals surface area contributed by atoms with Gasteiger partial charge in [-0.3, -0.25) is 0 Å². The van der Waals surface area contributed by atoms with Crippen molar-refractivity contribution in [3.05, 3.63) is 42.0 Å². The number of hydrogen-bond acceptors (Lipinski definition) is 5. The van der Waals surface area contributed by atoms with Crippen LogP contribution in [0.2, 0.25) is 0 Å². The van der Waals surface area contributed by atoms with Crippen LogP contribution in [-0.4, -0.2) is 41.1 Å². The minimum atomic E-state index is -0.485. The fourth-order valence-electron chi connectivity index (χ4n) is 2.96. The van der Waals surface area contributed by atoms with Crippen LogP contribution in [0.5, 0.6) is 0 Å². The highest BCUT2D eigenvalue weighted by Crippen LogP contribution is 2.41. The molecule has 0 radical (unpaired) electrons. The van der Waals surface area contributed by atoms with Crippen molar-refractivity contribution in [3.8, 4) is 0 Å². The van der Waals surface area contributed by atoms with Gasteiger partial charge in [-0.15, -0.1) is 0 Å². The molecule has 2 aromatic rings. The maximum Gasteiger partial charge on any atom is 0.214 e. The zero-order chi connectivity index (χ0) is 15.8. The molecule has 2 aliphatic rings. The number of piperazine rings is 1. The molecule has 0 spiro atoms. The molecule has 1 aliphatic carbocycles. The highest BCUT2D eigenvalue weighted by atomic mass is 19.1. The molecule has 2 fully saturated rings. The normalized spacial score (nSPS) is 18.3. The molecule has 1 aliphatic heterocycles. The Morgan fingerprint density at radius 1 is 0.957 bits per heavy atom. The third kappa shape index (κ3) is 2.83. The summed E-state index contributed by atoms with van der Waals surface area (Å²) in [6.45, 7) is 2.55. The van der Waals surface area contributed by atoms with E-state index >= 15 is 0 Å². The minimum absolute atomic E-state index is 0.259. The quantitative estimate of drug-likeness (QED) is 0.813. The number of rotatable bonds is 3. The van der Waals surface area contributed by atoms with Crippen LogP contribution in [0, 0.1) is 11.8 Å². The Morgan fingerprint density at radius 3 is 2.39 bits per heavy atom. The first kappa shape index (κ1) is 14.3. The van der Waals surface area contributed by atoms with E-state index in [2.05, 4.69) is 15.0 Å². The number of nitrogens with zero attached hydrogens (tertiary/aromatic N) is 5. The predicted octanol–water partition coefficient (Wildman–Crippen LogP) is 2.35. The Kier molecular flexibility index (Phi) is 3.55. The summed E-state index contributed by atoms with van der Waals surface area (Å²) in [5.41, 5.74) is 0.546. The van der Waals surface area contributed by atoms with E-state index < -0.39 is 5.95 Å². The lowest BCUT2D eigenvalue weighted by atomic mass is 10.2. The lowest BCUT2D eigenvalue weighted by molar-refractivity contribution is 0.559. The molecule has 2 aromatic heterocycles. The van der Waals surface area contributed by atoms with E-state index in [4.69, 9.17) is 0 Å². The first-order valence-electron chi connectivity index (χ1n) is 7.85. The Bertz CT molecular complexity index is 711. The molecule has 7 heteroatoms. The number of hydrogen-bond donors (Lipinski definition) is 0. The van der Waals surface area contributed by atoms with Gasteiger partial charge in [-0.1, -0.05) is 6.07 Å². The lowest BCUT2D eigenvalue weighted by Crippen LogP contribution is -2.47. The van der Waals surface area contributed by atoms with Crippen LogP contribution in [0.3, 0.4) is 0 Å². The van der Waals surface area contributed by atoms with Gasteiger partial charge >= 0.3 is 0 Å². The van der Waals surface area contributed by atoms with Crippen molar-refractivity contribution in [2.45, 2.75) is 18.8 Å². The van der Waals surface area contributed by atoms with Crippen LogP contribution in [0.4, 0.5) is 20.4 Å². The molecule has 4 rings (SSSR count). The van der Waals surface area contributed by atoms with Gasteiger partial charge in [0.2, 0.25) is 5.95 Å². The minimum Gasteiger partial charge on any atom is -0.353 e. The first-order chi connectivity index (χ1) is 11.2. The molecule has 0 aromatic carbocycles. The monoisotopic (exact) mass is 317 g/mol. The third-order valence-electron chi connectivity index (χ3n) is 4.37. The van der Waals surface area contributed by atoms with E-state index in [1.807, 2.05) is 9.80 Å². The third-order valence-corrected chi connectivity index (χ3v) is 4.37. The number of pyridine rings is 1. The first-order valence-corrected chi connectivity index (χ1v) is 7.85. The Balaban J connectivity index is 1.48. The molecular formula is C16H17F2N5. The summed E-state index contributed by atoms with van der Waals surface area (Å²) in [7, 11) is 0. The molecule has 120 valence electrons. The molecule has 1 saturated carbocycles. The second-order valence-electron chi connectivity index (χ2n) is 5.96. The van der Waals surface area contributed by atoms with Crippen molar-refractivity contribution in [1.29, 1.82) is 0 Å². The van der Waals surface area contributed by atoms with E-state index in [1.54, 1.807) is 12.1 Å². The van der Waals surface area contributed by atoms with Crippen molar-refractivity contribution in [2.24, 2.45) is 0 Å². The Labute approximate surface area is 133 Å². The van der Waals surface area contributed by atoms with Crippen molar-refractivity contribution < 1.29 is 8.78 Å². The van der Waals surface area contributed by atoms with Gasteiger partial charge in [-0.25, -0.2) is 19.3 Å². The van der Waals surface area contributed by atoms with Gasteiger partial charge in [0.15, 0.2) is 11.6 Å². The topological polar surface area (TPSA) is 45.2 Å². The number of aromatic nitrogens is 3. The fourth-order valence-corrected chi connectivity index (χ4v) is 2.96. The smallest absolute Gasteiger partial charge is 0.214 e. The predicted molar refractivity (Wildman–Crippen MR) is 82.6 cm³/mol. The van der Waals surface area contributed by atoms with Gasteiger partial charge in [0, 0.05) is 32.1 Å². The summed E-state index contributed by atoms with van der Waals surface area (Å²) < 4.78 is 27.8. The Hall–Kier alpha value is -2.31. The van der Waals surface area contributed by atoms with Gasteiger partial charge in [-0.2, -0.15) is 4.39 Å². The second kappa shape index (κ2) is 5.72. The summed E-state index contributed by atoms with van der Waals surface area (Å²) in [4.78, 5) is 16.1. The molecule has 1 saturated heterocycles. The maximum absolute atomic E-state index is 14.6. The zero-order valence-electron chi connectivity index (χ0n) is 12.6. The summed E-state index contributed by atoms with van der Waals surface area (Å²) in [6.07, 6.45) is 3.46. The van der Waals surface area contributed by atoms with Gasteiger partial charge < -0.3 is 9.80 Å². The van der Waals surface area contributed by atoms with Crippen LogP contribution in [0.1, 0.15) is 24.5 Å². The van der Waals surface area contributed by atoms with Gasteiger partial charge in [0.25, 0.3) is 0 Å². The molecule has 0 amide bonds. The highest BCUT2D eigenvalue weighted by Gasteiger charge is 2.31. The fraction of sp³-hybridized carbons (Fsp3) is 0.438. The second-order valence-corrected chi connectivity index (χ2v) is 5.96. The molecule has 0 N–H and O–H groups in total. The van der Waals surface area contributed by atoms with Gasteiger partial charge in [0.05, 0.1) is 5.69 Å². The lowest BCUT2D eigenvalue weighted by Gasteiger charge is -2.36. The standard InChI is InChI=1S/C16H17F2N5/c17-12-2-1-3-13(21-12)22-6-8-23(9-7-22)16-14(18)15(11-4-5-11)19-10-20-16/h1-3,10-11H,4-9H2. The van der Waals surface area contributed by atoms with Crippen LogP contribution in [-0.2, 0) is 0 Å². The average Bonchev–Trinajstić information content (AvgIpc) is 3.40. The molecule has 23 heavy (non-hydrogen) atoms. The van der Waals surface area contributed by atoms with Crippen molar-refractivity contribution in [2.75, 3.05) is 36.0 Å². The molecular weight excluding hydrogens is 300 g/mol. The van der Waals surface area contributed by atoms with E-state index in [9.17, 15) is 8.78 Å².